The molecule has 0 amide bonds. The van der Waals surface area contributed by atoms with Crippen molar-refractivity contribution in [1.29, 1.82) is 0 Å². The highest BCUT2D eigenvalue weighted by Crippen LogP contribution is 2.27. The molecular formula is C37H52O7. The van der Waals surface area contributed by atoms with Crippen LogP contribution in [0.25, 0.3) is 10.8 Å². The molecule has 2 aromatic carbocycles. The molecule has 2 unspecified atom stereocenters. The first-order valence-corrected chi connectivity index (χ1v) is 16.4. The molecular weight excluding hydrogens is 556 g/mol. The highest BCUT2D eigenvalue weighted by molar-refractivity contribution is 5.88. The molecule has 7 nitrogen and oxygen atoms in total. The summed E-state index contributed by atoms with van der Waals surface area (Å²) < 4.78 is 16.8. The van der Waals surface area contributed by atoms with E-state index in [1.54, 1.807) is 0 Å². The normalized spacial score (nSPS) is 16.6. The lowest BCUT2D eigenvalue weighted by Gasteiger charge is -2.29. The molecule has 3 rings (SSSR count). The van der Waals surface area contributed by atoms with E-state index in [2.05, 4.69) is 56.5 Å². The van der Waals surface area contributed by atoms with Crippen molar-refractivity contribution < 1.29 is 34.0 Å². The molecule has 1 saturated heterocycles. The number of aliphatic hydroxyl groups is 2. The molecule has 2 N–H and O–H groups in total. The second-order valence-electron chi connectivity index (χ2n) is 12.3. The Hall–Kier alpha value is -3.00. The Morgan fingerprint density at radius 3 is 2.00 bits per heavy atom. The first kappa shape index (κ1) is 35.5. The molecule has 0 aromatic heterocycles. The van der Waals surface area contributed by atoms with Crippen LogP contribution in [0, 0.1) is 11.8 Å². The minimum atomic E-state index is -0.662. The summed E-state index contributed by atoms with van der Waals surface area (Å²) in [6.07, 6.45) is 13.2. The number of aryl methyl sites for hydroxylation is 2. The maximum absolute atomic E-state index is 11.9. The average molecular weight is 609 g/mol. The predicted octanol–water partition coefficient (Wildman–Crippen LogP) is 6.66. The lowest BCUT2D eigenvalue weighted by atomic mass is 9.90. The van der Waals surface area contributed by atoms with Crippen molar-refractivity contribution in [1.82, 2.24) is 0 Å². The molecule has 0 aliphatic carbocycles. The van der Waals surface area contributed by atoms with Gasteiger partial charge in [-0.15, -0.1) is 0 Å². The first-order valence-electron chi connectivity index (χ1n) is 16.4. The largest absolute Gasteiger partial charge is 0.462 e. The fourth-order valence-corrected chi connectivity index (χ4v) is 5.68. The zero-order valence-electron chi connectivity index (χ0n) is 26.6. The molecule has 1 aliphatic heterocycles. The summed E-state index contributed by atoms with van der Waals surface area (Å²) in [6, 6.07) is 13.8. The molecule has 7 heteroatoms. The molecule has 44 heavy (non-hydrogen) atoms. The van der Waals surface area contributed by atoms with Crippen molar-refractivity contribution in [3.8, 4) is 0 Å². The van der Waals surface area contributed by atoms with Gasteiger partial charge in [-0.25, -0.2) is 9.59 Å². The Bertz CT molecular complexity index is 1180. The summed E-state index contributed by atoms with van der Waals surface area (Å²) in [7, 11) is 0. The Labute approximate surface area is 263 Å². The van der Waals surface area contributed by atoms with Crippen LogP contribution in [0.4, 0.5) is 0 Å². The lowest BCUT2D eigenvalue weighted by molar-refractivity contribution is -0.144. The topological polar surface area (TPSA) is 102 Å². The Kier molecular flexibility index (Phi) is 15.6. The molecule has 2 aromatic rings. The van der Waals surface area contributed by atoms with Gasteiger partial charge in [-0.3, -0.25) is 0 Å². The van der Waals surface area contributed by atoms with Crippen LogP contribution in [-0.4, -0.2) is 61.3 Å². The van der Waals surface area contributed by atoms with E-state index in [0.717, 1.165) is 58.0 Å². The number of unbranched alkanes of at least 4 members (excludes halogenated alkanes) is 3. The van der Waals surface area contributed by atoms with Gasteiger partial charge in [0.2, 0.25) is 0 Å². The number of fused-ring (bicyclic) bond motifs is 1. The van der Waals surface area contributed by atoms with Gasteiger partial charge in [0.05, 0.1) is 43.7 Å². The van der Waals surface area contributed by atoms with Gasteiger partial charge in [-0.05, 0) is 79.2 Å². The smallest absolute Gasteiger partial charge is 0.335 e. The average Bonchev–Trinajstić information content (AvgIpc) is 3.05. The van der Waals surface area contributed by atoms with E-state index < -0.39 is 25.2 Å². The number of rotatable bonds is 20. The molecule has 242 valence electrons. The van der Waals surface area contributed by atoms with Gasteiger partial charge < -0.3 is 24.4 Å². The Balaban J connectivity index is 1.36. The summed E-state index contributed by atoms with van der Waals surface area (Å²) >= 11 is 0. The SMILES string of the molecule is C=C(CO)C(=O)OCC(CCCCC1CCC(CCc2ccc3cc(CCCCC)ccc3c2)OC1)COC(=O)C(=C)CO. The third-order valence-electron chi connectivity index (χ3n) is 8.59. The van der Waals surface area contributed by atoms with Gasteiger partial charge in [0.15, 0.2) is 0 Å². The van der Waals surface area contributed by atoms with Crippen molar-refractivity contribution >= 4 is 22.7 Å². The first-order chi connectivity index (χ1) is 21.3. The van der Waals surface area contributed by atoms with E-state index in [4.69, 9.17) is 24.4 Å². The predicted molar refractivity (Wildman–Crippen MR) is 174 cm³/mol. The fourth-order valence-electron chi connectivity index (χ4n) is 5.68. The number of hydrogen-bond donors (Lipinski definition) is 2. The molecule has 1 fully saturated rings. The molecule has 0 spiro atoms. The van der Waals surface area contributed by atoms with Crippen molar-refractivity contribution in [2.24, 2.45) is 11.8 Å². The molecule has 0 saturated carbocycles. The number of carbonyl (C=O) groups is 2. The van der Waals surface area contributed by atoms with Crippen LogP contribution in [0.15, 0.2) is 60.7 Å². The highest BCUT2D eigenvalue weighted by atomic mass is 16.5. The fraction of sp³-hybridized carbons (Fsp3) is 0.568. The van der Waals surface area contributed by atoms with E-state index in [0.29, 0.717) is 18.4 Å². The number of carbonyl (C=O) groups excluding carboxylic acids is 2. The second-order valence-corrected chi connectivity index (χ2v) is 12.3. The molecule has 0 radical (unpaired) electrons. The maximum atomic E-state index is 11.9. The number of esters is 2. The number of ether oxygens (including phenoxy) is 3. The maximum Gasteiger partial charge on any atom is 0.335 e. The summed E-state index contributed by atoms with van der Waals surface area (Å²) in [5, 5.41) is 20.8. The van der Waals surface area contributed by atoms with E-state index in [-0.39, 0.29) is 30.3 Å². The zero-order chi connectivity index (χ0) is 31.7. The second kappa shape index (κ2) is 19.4. The van der Waals surface area contributed by atoms with Gasteiger partial charge >= 0.3 is 11.9 Å². The van der Waals surface area contributed by atoms with Crippen molar-refractivity contribution in [2.75, 3.05) is 33.0 Å². The lowest BCUT2D eigenvalue weighted by Crippen LogP contribution is -2.26. The minimum absolute atomic E-state index is 0.0196. The van der Waals surface area contributed by atoms with Crippen molar-refractivity contribution in [3.63, 3.8) is 0 Å². The van der Waals surface area contributed by atoms with Gasteiger partial charge in [0.25, 0.3) is 0 Å². The van der Waals surface area contributed by atoms with Gasteiger partial charge in [0.1, 0.15) is 0 Å². The van der Waals surface area contributed by atoms with Crippen LogP contribution < -0.4 is 0 Å². The number of hydrogen-bond acceptors (Lipinski definition) is 7. The molecule has 1 aliphatic rings. The van der Waals surface area contributed by atoms with Gasteiger partial charge in [0, 0.05) is 12.5 Å². The van der Waals surface area contributed by atoms with E-state index in [1.807, 2.05) is 0 Å². The monoisotopic (exact) mass is 608 g/mol. The van der Waals surface area contributed by atoms with Crippen LogP contribution in [-0.2, 0) is 36.6 Å². The van der Waals surface area contributed by atoms with Crippen LogP contribution >= 0.6 is 0 Å². The zero-order valence-corrected chi connectivity index (χ0v) is 26.6. The van der Waals surface area contributed by atoms with Gasteiger partial charge in [-0.1, -0.05) is 82.2 Å². The molecule has 1 heterocycles. The highest BCUT2D eigenvalue weighted by Gasteiger charge is 2.22. The van der Waals surface area contributed by atoms with E-state index in [9.17, 15) is 9.59 Å². The number of benzene rings is 2. The Morgan fingerprint density at radius 1 is 0.841 bits per heavy atom. The summed E-state index contributed by atoms with van der Waals surface area (Å²) in [4.78, 5) is 23.8. The van der Waals surface area contributed by atoms with E-state index >= 15 is 0 Å². The standard InChI is InChI=1S/C37H52O7/c1-4-5-6-9-29-12-16-34-21-30(13-17-33(34)20-29)14-18-35-19-15-31(24-42-35)10-7-8-11-32(25-43-36(40)27(2)22-38)26-44-37(41)28(3)23-39/h12-13,16-17,20-21,31-32,35,38-39H,2-11,14-15,18-19,22-26H2,1H3. The van der Waals surface area contributed by atoms with Crippen LogP contribution in [0.5, 0.6) is 0 Å². The van der Waals surface area contributed by atoms with Gasteiger partial charge in [-0.2, -0.15) is 0 Å². The summed E-state index contributed by atoms with van der Waals surface area (Å²) in [5.41, 5.74) is 2.76. The summed E-state index contributed by atoms with van der Waals surface area (Å²) in [6.45, 7) is 9.17. The third-order valence-corrected chi connectivity index (χ3v) is 8.59. The van der Waals surface area contributed by atoms with Crippen molar-refractivity contribution in [3.05, 3.63) is 71.8 Å². The minimum Gasteiger partial charge on any atom is -0.462 e. The molecule has 2 atom stereocenters. The van der Waals surface area contributed by atoms with E-state index in [1.165, 1.54) is 41.2 Å². The van der Waals surface area contributed by atoms with Crippen LogP contribution in [0.2, 0.25) is 0 Å². The van der Waals surface area contributed by atoms with Crippen LogP contribution in [0.3, 0.4) is 0 Å². The number of aliphatic hydroxyl groups excluding tert-OH is 2. The molecule has 0 bridgehead atoms. The Morgan fingerprint density at radius 2 is 1.45 bits per heavy atom. The van der Waals surface area contributed by atoms with Crippen molar-refractivity contribution in [2.45, 2.75) is 90.1 Å². The third kappa shape index (κ3) is 12.2. The van der Waals surface area contributed by atoms with Crippen LogP contribution in [0.1, 0.15) is 82.3 Å². The quantitative estimate of drug-likeness (QED) is 0.0985. The summed E-state index contributed by atoms with van der Waals surface area (Å²) in [5.74, 6) is -0.987.